The van der Waals surface area contributed by atoms with E-state index < -0.39 is 11.9 Å². The van der Waals surface area contributed by atoms with Crippen molar-refractivity contribution in [3.05, 3.63) is 30.0 Å². The molecule has 0 unspecified atom stereocenters. The smallest absolute Gasteiger partial charge is 0.422 e. The Bertz CT molecular complexity index is 803. The van der Waals surface area contributed by atoms with Crippen LogP contribution in [0, 0.1) is 0 Å². The molecule has 0 saturated carbocycles. The molecule has 0 bridgehead atoms. The van der Waals surface area contributed by atoms with Gasteiger partial charge < -0.3 is 19.3 Å². The molecular weight excluding hydrogens is 332 g/mol. The predicted octanol–water partition coefficient (Wildman–Crippen LogP) is 3.24. The third-order valence-corrected chi connectivity index (χ3v) is 5.18. The largest absolute Gasteiger partial charge is 0.473 e. The fourth-order valence-corrected chi connectivity index (χ4v) is 3.68. The standard InChI is InChI=1S/C20H26N2O4/c1-3-4-9-22-13-17(14-7-10-21(2)11-8-14)16-12-15(5-6-18(16)22)26-20(25)19(23)24/h5-6,12-14H,3-4,7-11H2,1-2H3,(H,23,24). The summed E-state index contributed by atoms with van der Waals surface area (Å²) in [6.07, 6.45) is 6.66. The van der Waals surface area contributed by atoms with Crippen LogP contribution in [0.25, 0.3) is 10.9 Å². The molecule has 1 aliphatic rings. The Morgan fingerprint density at radius 2 is 2.00 bits per heavy atom. The summed E-state index contributed by atoms with van der Waals surface area (Å²) in [5.74, 6) is -2.08. The number of carbonyl (C=O) groups excluding carboxylic acids is 1. The minimum absolute atomic E-state index is 0.285. The number of ether oxygens (including phenoxy) is 1. The van der Waals surface area contributed by atoms with Crippen LogP contribution in [-0.2, 0) is 16.1 Å². The van der Waals surface area contributed by atoms with E-state index in [1.54, 1.807) is 6.07 Å². The van der Waals surface area contributed by atoms with Gasteiger partial charge in [0.1, 0.15) is 5.75 Å². The van der Waals surface area contributed by atoms with Crippen LogP contribution in [0.5, 0.6) is 5.75 Å². The van der Waals surface area contributed by atoms with Crippen LogP contribution >= 0.6 is 0 Å². The summed E-state index contributed by atoms with van der Waals surface area (Å²) >= 11 is 0. The van der Waals surface area contributed by atoms with Crippen LogP contribution in [0.3, 0.4) is 0 Å². The van der Waals surface area contributed by atoms with Gasteiger partial charge in [0.25, 0.3) is 0 Å². The summed E-state index contributed by atoms with van der Waals surface area (Å²) in [4.78, 5) is 24.5. The number of fused-ring (bicyclic) bond motifs is 1. The molecule has 0 amide bonds. The molecule has 140 valence electrons. The first-order valence-electron chi connectivity index (χ1n) is 9.26. The number of hydrogen-bond donors (Lipinski definition) is 1. The number of carboxylic acids is 1. The summed E-state index contributed by atoms with van der Waals surface area (Å²) in [7, 11) is 2.14. The maximum absolute atomic E-state index is 11.4. The number of aromatic nitrogens is 1. The Morgan fingerprint density at radius 3 is 2.65 bits per heavy atom. The van der Waals surface area contributed by atoms with Crippen molar-refractivity contribution in [1.82, 2.24) is 9.47 Å². The molecule has 0 radical (unpaired) electrons. The topological polar surface area (TPSA) is 71.8 Å². The van der Waals surface area contributed by atoms with Crippen molar-refractivity contribution in [3.63, 3.8) is 0 Å². The molecule has 26 heavy (non-hydrogen) atoms. The molecule has 1 aromatic carbocycles. The van der Waals surface area contributed by atoms with E-state index in [2.05, 4.69) is 29.6 Å². The summed E-state index contributed by atoms with van der Waals surface area (Å²) in [5, 5.41) is 9.82. The predicted molar refractivity (Wildman–Crippen MR) is 99.6 cm³/mol. The molecule has 1 saturated heterocycles. The quantitative estimate of drug-likeness (QED) is 0.505. The van der Waals surface area contributed by atoms with Crippen molar-refractivity contribution in [2.75, 3.05) is 20.1 Å². The SMILES string of the molecule is CCCCn1cc(C2CCN(C)CC2)c2cc(OC(=O)C(=O)O)ccc21. The van der Waals surface area contributed by atoms with Crippen LogP contribution in [0.1, 0.15) is 44.1 Å². The number of carbonyl (C=O) groups is 2. The van der Waals surface area contributed by atoms with E-state index in [0.717, 1.165) is 56.2 Å². The van der Waals surface area contributed by atoms with Crippen molar-refractivity contribution in [3.8, 4) is 5.75 Å². The van der Waals surface area contributed by atoms with Crippen molar-refractivity contribution in [2.24, 2.45) is 0 Å². The molecule has 2 aromatic rings. The second-order valence-corrected chi connectivity index (χ2v) is 7.08. The first-order valence-corrected chi connectivity index (χ1v) is 9.26. The van der Waals surface area contributed by atoms with Crippen LogP contribution in [-0.4, -0.2) is 46.6 Å². The Balaban J connectivity index is 1.97. The molecule has 1 aromatic heterocycles. The number of unbranched alkanes of at least 4 members (excludes halogenated alkanes) is 1. The number of carboxylic acid groups (broad SMARTS) is 1. The normalized spacial score (nSPS) is 16.1. The molecule has 0 aliphatic carbocycles. The molecule has 1 aliphatic heterocycles. The lowest BCUT2D eigenvalue weighted by Crippen LogP contribution is -2.29. The van der Waals surface area contributed by atoms with E-state index in [9.17, 15) is 9.59 Å². The Kier molecular flexibility index (Phi) is 5.61. The number of nitrogens with zero attached hydrogens (tertiary/aromatic N) is 2. The second kappa shape index (κ2) is 7.91. The molecule has 2 heterocycles. The lowest BCUT2D eigenvalue weighted by atomic mass is 9.89. The Labute approximate surface area is 153 Å². The highest BCUT2D eigenvalue weighted by molar-refractivity contribution is 6.29. The number of piperidine rings is 1. The average Bonchev–Trinajstić information content (AvgIpc) is 2.98. The highest BCUT2D eigenvalue weighted by Gasteiger charge is 2.23. The highest BCUT2D eigenvalue weighted by Crippen LogP contribution is 2.36. The van der Waals surface area contributed by atoms with Gasteiger partial charge in [-0.05, 0) is 69.1 Å². The molecule has 3 rings (SSSR count). The van der Waals surface area contributed by atoms with E-state index in [0.29, 0.717) is 5.92 Å². The number of rotatable bonds is 5. The van der Waals surface area contributed by atoms with Gasteiger partial charge in [0.2, 0.25) is 0 Å². The summed E-state index contributed by atoms with van der Waals surface area (Å²) in [6.45, 7) is 5.26. The van der Waals surface area contributed by atoms with Crippen molar-refractivity contribution >= 4 is 22.8 Å². The zero-order chi connectivity index (χ0) is 18.7. The average molecular weight is 358 g/mol. The lowest BCUT2D eigenvalue weighted by molar-refractivity contribution is -0.158. The zero-order valence-corrected chi connectivity index (χ0v) is 15.4. The minimum atomic E-state index is -1.58. The van der Waals surface area contributed by atoms with Crippen LogP contribution < -0.4 is 4.74 Å². The number of aliphatic carboxylic acids is 1. The van der Waals surface area contributed by atoms with E-state index in [-0.39, 0.29) is 5.75 Å². The second-order valence-electron chi connectivity index (χ2n) is 7.08. The minimum Gasteiger partial charge on any atom is -0.473 e. The number of likely N-dealkylation sites (tertiary alicyclic amines) is 1. The lowest BCUT2D eigenvalue weighted by Gasteiger charge is -2.28. The third kappa shape index (κ3) is 3.90. The number of benzene rings is 1. The number of hydrogen-bond acceptors (Lipinski definition) is 4. The van der Waals surface area contributed by atoms with E-state index in [1.807, 2.05) is 12.1 Å². The number of esters is 1. The van der Waals surface area contributed by atoms with Gasteiger partial charge in [-0.25, -0.2) is 9.59 Å². The van der Waals surface area contributed by atoms with Gasteiger partial charge in [0.05, 0.1) is 0 Å². The molecular formula is C20H26N2O4. The van der Waals surface area contributed by atoms with Crippen LogP contribution in [0.15, 0.2) is 24.4 Å². The van der Waals surface area contributed by atoms with E-state index in [4.69, 9.17) is 9.84 Å². The highest BCUT2D eigenvalue weighted by atomic mass is 16.6. The molecule has 1 N–H and O–H groups in total. The van der Waals surface area contributed by atoms with E-state index in [1.165, 1.54) is 5.56 Å². The number of aryl methyl sites for hydroxylation is 1. The van der Waals surface area contributed by atoms with Gasteiger partial charge in [0.15, 0.2) is 0 Å². The molecule has 0 atom stereocenters. The molecule has 1 fully saturated rings. The fraction of sp³-hybridized carbons (Fsp3) is 0.500. The van der Waals surface area contributed by atoms with Gasteiger partial charge in [-0.3, -0.25) is 0 Å². The summed E-state index contributed by atoms with van der Waals surface area (Å²) in [6, 6.07) is 5.41. The van der Waals surface area contributed by atoms with Gasteiger partial charge in [-0.1, -0.05) is 13.3 Å². The monoisotopic (exact) mass is 358 g/mol. The fourth-order valence-electron chi connectivity index (χ4n) is 3.68. The van der Waals surface area contributed by atoms with Gasteiger partial charge in [-0.2, -0.15) is 0 Å². The van der Waals surface area contributed by atoms with Crippen molar-refractivity contribution in [1.29, 1.82) is 0 Å². The first kappa shape index (κ1) is 18.5. The summed E-state index contributed by atoms with van der Waals surface area (Å²) < 4.78 is 7.25. The maximum Gasteiger partial charge on any atom is 0.422 e. The first-order chi connectivity index (χ1) is 12.5. The Hall–Kier alpha value is -2.34. The summed E-state index contributed by atoms with van der Waals surface area (Å²) in [5.41, 5.74) is 2.39. The van der Waals surface area contributed by atoms with Crippen molar-refractivity contribution in [2.45, 2.75) is 45.1 Å². The van der Waals surface area contributed by atoms with Gasteiger partial charge in [0, 0.05) is 23.6 Å². The van der Waals surface area contributed by atoms with Crippen LogP contribution in [0.4, 0.5) is 0 Å². The van der Waals surface area contributed by atoms with Crippen molar-refractivity contribution < 1.29 is 19.4 Å². The maximum atomic E-state index is 11.4. The zero-order valence-electron chi connectivity index (χ0n) is 15.4. The molecule has 0 spiro atoms. The van der Waals surface area contributed by atoms with Crippen LogP contribution in [0.2, 0.25) is 0 Å². The third-order valence-electron chi connectivity index (χ3n) is 5.18. The van der Waals surface area contributed by atoms with Gasteiger partial charge in [-0.15, -0.1) is 0 Å². The molecule has 6 nitrogen and oxygen atoms in total. The van der Waals surface area contributed by atoms with E-state index >= 15 is 0 Å². The molecule has 6 heteroatoms. The van der Waals surface area contributed by atoms with Gasteiger partial charge >= 0.3 is 11.9 Å². The Morgan fingerprint density at radius 1 is 1.27 bits per heavy atom.